The van der Waals surface area contributed by atoms with E-state index >= 15 is 0 Å². The van der Waals surface area contributed by atoms with Crippen molar-refractivity contribution in [3.05, 3.63) is 69.3 Å². The highest BCUT2D eigenvalue weighted by Crippen LogP contribution is 2.25. The van der Waals surface area contributed by atoms with Crippen molar-refractivity contribution in [2.75, 3.05) is 0 Å². The minimum Gasteiger partial charge on any atom is -0.489 e. The quantitative estimate of drug-likeness (QED) is 0.609. The first kappa shape index (κ1) is 14.1. The van der Waals surface area contributed by atoms with E-state index in [0.29, 0.717) is 18.8 Å². The van der Waals surface area contributed by atoms with Gasteiger partial charge < -0.3 is 4.74 Å². The van der Waals surface area contributed by atoms with Crippen LogP contribution in [0.5, 0.6) is 5.75 Å². The van der Waals surface area contributed by atoms with Gasteiger partial charge in [-0.05, 0) is 36.6 Å². The Labute approximate surface area is 118 Å². The van der Waals surface area contributed by atoms with Gasteiger partial charge in [-0.3, -0.25) is 10.1 Å². The molecular weight excluding hydrogens is 254 g/mol. The first-order valence-corrected chi connectivity index (χ1v) is 6.56. The summed E-state index contributed by atoms with van der Waals surface area (Å²) in [4.78, 5) is 10.6. The lowest BCUT2D eigenvalue weighted by molar-refractivity contribution is -0.385. The molecule has 0 saturated carbocycles. The highest BCUT2D eigenvalue weighted by Gasteiger charge is 2.13. The van der Waals surface area contributed by atoms with Gasteiger partial charge in [0.1, 0.15) is 12.4 Å². The van der Waals surface area contributed by atoms with Crippen LogP contribution in [0.25, 0.3) is 0 Å². The highest BCUT2D eigenvalue weighted by atomic mass is 16.6. The number of rotatable bonds is 5. The summed E-state index contributed by atoms with van der Waals surface area (Å²) in [7, 11) is 0. The fourth-order valence-electron chi connectivity index (χ4n) is 2.04. The van der Waals surface area contributed by atoms with Crippen LogP contribution in [0, 0.1) is 17.0 Å². The van der Waals surface area contributed by atoms with Gasteiger partial charge >= 0.3 is 0 Å². The maximum atomic E-state index is 11.0. The van der Waals surface area contributed by atoms with Crippen LogP contribution >= 0.6 is 0 Å². The van der Waals surface area contributed by atoms with E-state index < -0.39 is 0 Å². The zero-order valence-corrected chi connectivity index (χ0v) is 11.6. The molecule has 0 aromatic heterocycles. The summed E-state index contributed by atoms with van der Waals surface area (Å²) in [6.45, 7) is 4.33. The van der Waals surface area contributed by atoms with Crippen molar-refractivity contribution in [2.45, 2.75) is 26.9 Å². The fraction of sp³-hybridized carbons (Fsp3) is 0.250. The topological polar surface area (TPSA) is 52.4 Å². The average molecular weight is 271 g/mol. The molecule has 0 aliphatic rings. The Morgan fingerprint density at radius 2 is 1.90 bits per heavy atom. The Hall–Kier alpha value is -2.36. The summed E-state index contributed by atoms with van der Waals surface area (Å²) in [5.41, 5.74) is 3.06. The zero-order chi connectivity index (χ0) is 14.5. The number of ether oxygens (including phenoxy) is 1. The molecule has 0 unspecified atom stereocenters. The number of benzene rings is 2. The maximum absolute atomic E-state index is 11.0. The molecule has 0 spiro atoms. The first-order valence-electron chi connectivity index (χ1n) is 6.56. The molecule has 0 heterocycles. The molecule has 0 amide bonds. The van der Waals surface area contributed by atoms with Crippen molar-refractivity contribution in [2.24, 2.45) is 0 Å². The molecular formula is C16H17NO3. The summed E-state index contributed by atoms with van der Waals surface area (Å²) in [6.07, 6.45) is 0.633. The van der Waals surface area contributed by atoms with Crippen LogP contribution < -0.4 is 4.74 Å². The smallest absolute Gasteiger partial charge is 0.276 e. The second-order valence-electron chi connectivity index (χ2n) is 4.62. The molecule has 0 aliphatic carbocycles. The average Bonchev–Trinajstić information content (AvgIpc) is 2.46. The SMILES string of the molecule is CCc1ccc(OCc2ccccc2C)cc1[N+](=O)[O-]. The molecule has 0 aliphatic heterocycles. The third-order valence-electron chi connectivity index (χ3n) is 3.29. The van der Waals surface area contributed by atoms with Gasteiger partial charge in [-0.2, -0.15) is 0 Å². The van der Waals surface area contributed by atoms with Gasteiger partial charge in [0.2, 0.25) is 0 Å². The minimum atomic E-state index is -0.362. The number of hydrogen-bond donors (Lipinski definition) is 0. The number of nitrogens with zero attached hydrogens (tertiary/aromatic N) is 1. The third-order valence-corrected chi connectivity index (χ3v) is 3.29. The van der Waals surface area contributed by atoms with Crippen molar-refractivity contribution in [3.63, 3.8) is 0 Å². The second-order valence-corrected chi connectivity index (χ2v) is 4.62. The van der Waals surface area contributed by atoms with Crippen LogP contribution in [0.15, 0.2) is 42.5 Å². The Balaban J connectivity index is 2.16. The second kappa shape index (κ2) is 6.19. The Morgan fingerprint density at radius 3 is 2.55 bits per heavy atom. The van der Waals surface area contributed by atoms with Crippen LogP contribution in [0.4, 0.5) is 5.69 Å². The van der Waals surface area contributed by atoms with E-state index in [1.54, 1.807) is 12.1 Å². The van der Waals surface area contributed by atoms with Gasteiger partial charge in [-0.1, -0.05) is 31.2 Å². The highest BCUT2D eigenvalue weighted by molar-refractivity contribution is 5.46. The number of nitro benzene ring substituents is 1. The largest absolute Gasteiger partial charge is 0.489 e. The van der Waals surface area contributed by atoms with E-state index in [-0.39, 0.29) is 10.6 Å². The standard InChI is InChI=1S/C16H17NO3/c1-3-13-8-9-15(10-16(13)17(18)19)20-11-14-7-5-4-6-12(14)2/h4-10H,3,11H2,1-2H3. The Morgan fingerprint density at radius 1 is 1.15 bits per heavy atom. The van der Waals surface area contributed by atoms with Crippen LogP contribution in [0.2, 0.25) is 0 Å². The molecule has 0 N–H and O–H groups in total. The minimum absolute atomic E-state index is 0.120. The molecule has 0 saturated heterocycles. The molecule has 4 nitrogen and oxygen atoms in total. The van der Waals surface area contributed by atoms with Crippen LogP contribution in [0.3, 0.4) is 0 Å². The van der Waals surface area contributed by atoms with E-state index in [1.165, 1.54) is 6.07 Å². The summed E-state index contributed by atoms with van der Waals surface area (Å²) in [5, 5.41) is 11.0. The van der Waals surface area contributed by atoms with Crippen molar-refractivity contribution in [3.8, 4) is 5.75 Å². The van der Waals surface area contributed by atoms with Crippen LogP contribution in [0.1, 0.15) is 23.6 Å². The molecule has 0 atom stereocenters. The number of aryl methyl sites for hydroxylation is 2. The molecule has 2 rings (SSSR count). The summed E-state index contributed by atoms with van der Waals surface area (Å²) in [6, 6.07) is 13.0. The molecule has 4 heteroatoms. The van der Waals surface area contributed by atoms with Gasteiger partial charge in [-0.15, -0.1) is 0 Å². The molecule has 0 radical (unpaired) electrons. The molecule has 20 heavy (non-hydrogen) atoms. The van der Waals surface area contributed by atoms with Crippen LogP contribution in [-0.2, 0) is 13.0 Å². The van der Waals surface area contributed by atoms with E-state index in [1.807, 2.05) is 38.1 Å². The van der Waals surface area contributed by atoms with Gasteiger partial charge in [0.05, 0.1) is 11.0 Å². The summed E-state index contributed by atoms with van der Waals surface area (Å²) >= 11 is 0. The lowest BCUT2D eigenvalue weighted by atomic mass is 10.1. The maximum Gasteiger partial charge on any atom is 0.276 e. The van der Waals surface area contributed by atoms with Crippen molar-refractivity contribution < 1.29 is 9.66 Å². The van der Waals surface area contributed by atoms with Gasteiger partial charge in [-0.25, -0.2) is 0 Å². The van der Waals surface area contributed by atoms with Crippen molar-refractivity contribution >= 4 is 5.69 Å². The van der Waals surface area contributed by atoms with E-state index in [2.05, 4.69) is 0 Å². The van der Waals surface area contributed by atoms with Gasteiger partial charge in [0, 0.05) is 5.56 Å². The molecule has 2 aromatic carbocycles. The third kappa shape index (κ3) is 3.15. The van der Waals surface area contributed by atoms with Gasteiger partial charge in [0.15, 0.2) is 0 Å². The number of hydrogen-bond acceptors (Lipinski definition) is 3. The van der Waals surface area contributed by atoms with Crippen LogP contribution in [-0.4, -0.2) is 4.92 Å². The lowest BCUT2D eigenvalue weighted by Gasteiger charge is -2.09. The Bertz CT molecular complexity index is 623. The molecule has 0 fully saturated rings. The summed E-state index contributed by atoms with van der Waals surface area (Å²) in [5.74, 6) is 0.525. The van der Waals surface area contributed by atoms with E-state index in [0.717, 1.165) is 16.7 Å². The molecule has 2 aromatic rings. The molecule has 104 valence electrons. The van der Waals surface area contributed by atoms with E-state index in [4.69, 9.17) is 4.74 Å². The Kier molecular flexibility index (Phi) is 4.35. The molecule has 0 bridgehead atoms. The predicted molar refractivity (Wildman–Crippen MR) is 78.0 cm³/mol. The van der Waals surface area contributed by atoms with Crippen molar-refractivity contribution in [1.29, 1.82) is 0 Å². The predicted octanol–water partition coefficient (Wildman–Crippen LogP) is 4.04. The lowest BCUT2D eigenvalue weighted by Crippen LogP contribution is -2.00. The monoisotopic (exact) mass is 271 g/mol. The van der Waals surface area contributed by atoms with E-state index in [9.17, 15) is 10.1 Å². The fourth-order valence-corrected chi connectivity index (χ4v) is 2.04. The normalized spacial score (nSPS) is 10.3. The van der Waals surface area contributed by atoms with Gasteiger partial charge in [0.25, 0.3) is 5.69 Å². The zero-order valence-electron chi connectivity index (χ0n) is 11.6. The first-order chi connectivity index (χ1) is 9.61. The van der Waals surface area contributed by atoms with Crippen molar-refractivity contribution in [1.82, 2.24) is 0 Å². The number of nitro groups is 1. The summed E-state index contributed by atoms with van der Waals surface area (Å²) < 4.78 is 5.66.